The zero-order valence-electron chi connectivity index (χ0n) is 17.0. The molecule has 0 aliphatic carbocycles. The number of nitrogens with zero attached hydrogens (tertiary/aromatic N) is 5. The predicted molar refractivity (Wildman–Crippen MR) is 111 cm³/mol. The summed E-state index contributed by atoms with van der Waals surface area (Å²) >= 11 is 1.34. The van der Waals surface area contributed by atoms with Crippen molar-refractivity contribution in [3.63, 3.8) is 0 Å². The predicted octanol–water partition coefficient (Wildman–Crippen LogP) is 3.43. The van der Waals surface area contributed by atoms with Crippen LogP contribution in [0.2, 0.25) is 0 Å². The van der Waals surface area contributed by atoms with Gasteiger partial charge in [-0.05, 0) is 60.9 Å². The van der Waals surface area contributed by atoms with Crippen molar-refractivity contribution in [2.24, 2.45) is 0 Å². The molecule has 0 spiro atoms. The highest BCUT2D eigenvalue weighted by Crippen LogP contribution is 2.22. The van der Waals surface area contributed by atoms with Crippen molar-refractivity contribution in [2.45, 2.75) is 51.0 Å². The molecule has 1 aromatic carbocycles. The number of aromatic nitrogens is 5. The molecule has 30 heavy (non-hydrogen) atoms. The number of thioether (sulfide) groups is 1. The molecule has 1 fully saturated rings. The maximum Gasteiger partial charge on any atom is 0.209 e. The third-order valence-corrected chi connectivity index (χ3v) is 6.32. The van der Waals surface area contributed by atoms with Crippen LogP contribution in [0.25, 0.3) is 0 Å². The Hall–Kier alpha value is -2.52. The van der Waals surface area contributed by atoms with E-state index < -0.39 is 0 Å². The van der Waals surface area contributed by atoms with E-state index >= 15 is 0 Å². The van der Waals surface area contributed by atoms with Gasteiger partial charge >= 0.3 is 0 Å². The molecule has 9 heteroatoms. The summed E-state index contributed by atoms with van der Waals surface area (Å²) in [6.45, 7) is 5.90. The summed E-state index contributed by atoms with van der Waals surface area (Å²) in [7, 11) is 0. The molecular formula is C21H24FN5O2S. The number of carbonyl (C=O) groups is 1. The fraction of sp³-hybridized carbons (Fsp3) is 0.429. The van der Waals surface area contributed by atoms with E-state index in [1.54, 1.807) is 16.8 Å². The fourth-order valence-corrected chi connectivity index (χ4v) is 4.47. The van der Waals surface area contributed by atoms with Crippen LogP contribution < -0.4 is 0 Å². The topological polar surface area (TPSA) is 74.8 Å². The Labute approximate surface area is 178 Å². The Morgan fingerprint density at radius 2 is 2.10 bits per heavy atom. The number of rotatable bonds is 8. The summed E-state index contributed by atoms with van der Waals surface area (Å²) in [6.07, 6.45) is 2.19. The third kappa shape index (κ3) is 4.62. The summed E-state index contributed by atoms with van der Waals surface area (Å²) in [5.74, 6) is 0.0340. The van der Waals surface area contributed by atoms with Crippen LogP contribution in [0.3, 0.4) is 0 Å². The van der Waals surface area contributed by atoms with Crippen LogP contribution in [0.15, 0.2) is 35.5 Å². The molecule has 1 aliphatic rings. The molecule has 1 saturated heterocycles. The summed E-state index contributed by atoms with van der Waals surface area (Å²) in [5, 5.41) is 12.5. The van der Waals surface area contributed by atoms with Gasteiger partial charge in [-0.1, -0.05) is 23.9 Å². The highest BCUT2D eigenvalue weighted by Gasteiger charge is 2.21. The van der Waals surface area contributed by atoms with Crippen LogP contribution in [0.1, 0.15) is 40.2 Å². The smallest absolute Gasteiger partial charge is 0.209 e. The summed E-state index contributed by atoms with van der Waals surface area (Å²) in [4.78, 5) is 12.9. The first-order valence-electron chi connectivity index (χ1n) is 9.96. The lowest BCUT2D eigenvalue weighted by atomic mass is 10.2. The molecule has 158 valence electrons. The lowest BCUT2D eigenvalue weighted by Crippen LogP contribution is -2.17. The molecule has 0 N–H and O–H groups in total. The van der Waals surface area contributed by atoms with Crippen LogP contribution in [0.4, 0.5) is 4.39 Å². The molecule has 7 nitrogen and oxygen atoms in total. The van der Waals surface area contributed by atoms with E-state index in [9.17, 15) is 9.18 Å². The number of carbonyl (C=O) groups excluding carboxylic acids is 1. The standard InChI is InChI=1S/C21H24FN5O2S/c1-14-10-19(15(2)26(14)11-16-5-7-17(22)8-6-16)20(28)13-30-21-23-24-25-27(21)12-18-4-3-9-29-18/h5-8,10,18H,3-4,9,11-13H2,1-2H3. The maximum absolute atomic E-state index is 13.2. The van der Waals surface area contributed by atoms with Crippen molar-refractivity contribution in [3.05, 3.63) is 58.7 Å². The Kier molecular flexibility index (Phi) is 6.29. The van der Waals surface area contributed by atoms with E-state index in [4.69, 9.17) is 4.74 Å². The van der Waals surface area contributed by atoms with Crippen molar-refractivity contribution < 1.29 is 13.9 Å². The van der Waals surface area contributed by atoms with Gasteiger partial charge in [-0.25, -0.2) is 9.07 Å². The number of Topliss-reactive ketones (excluding diaryl/α,β-unsaturated/α-hetero) is 1. The molecule has 0 radical (unpaired) electrons. The molecule has 0 bridgehead atoms. The molecule has 1 unspecified atom stereocenters. The maximum atomic E-state index is 13.2. The molecule has 3 heterocycles. The van der Waals surface area contributed by atoms with Crippen LogP contribution in [-0.4, -0.2) is 49.0 Å². The van der Waals surface area contributed by atoms with Gasteiger partial charge in [0, 0.05) is 30.1 Å². The van der Waals surface area contributed by atoms with Gasteiger partial charge in [0.25, 0.3) is 0 Å². The number of ether oxygens (including phenoxy) is 1. The second-order valence-corrected chi connectivity index (χ2v) is 8.43. The minimum Gasteiger partial charge on any atom is -0.376 e. The van der Waals surface area contributed by atoms with Crippen molar-refractivity contribution >= 4 is 17.5 Å². The van der Waals surface area contributed by atoms with E-state index in [1.165, 1.54) is 23.9 Å². The van der Waals surface area contributed by atoms with Crippen molar-refractivity contribution in [1.29, 1.82) is 0 Å². The number of halogens is 1. The number of benzene rings is 1. The second kappa shape index (κ2) is 9.09. The summed E-state index contributed by atoms with van der Waals surface area (Å²) in [6, 6.07) is 8.34. The van der Waals surface area contributed by atoms with Crippen molar-refractivity contribution in [3.8, 4) is 0 Å². The zero-order valence-corrected chi connectivity index (χ0v) is 17.9. The molecule has 2 aromatic heterocycles. The molecule has 1 atom stereocenters. The van der Waals surface area contributed by atoms with Gasteiger partial charge in [0.15, 0.2) is 5.78 Å². The number of ketones is 1. The summed E-state index contributed by atoms with van der Waals surface area (Å²) in [5.41, 5.74) is 3.58. The zero-order chi connectivity index (χ0) is 21.1. The van der Waals surface area contributed by atoms with Gasteiger partial charge in [0.1, 0.15) is 5.82 Å². The first kappa shape index (κ1) is 20.7. The number of hydrogen-bond donors (Lipinski definition) is 0. The highest BCUT2D eigenvalue weighted by atomic mass is 32.2. The quantitative estimate of drug-likeness (QED) is 0.403. The van der Waals surface area contributed by atoms with Crippen LogP contribution in [-0.2, 0) is 17.8 Å². The van der Waals surface area contributed by atoms with Gasteiger partial charge in [-0.2, -0.15) is 0 Å². The lowest BCUT2D eigenvalue weighted by Gasteiger charge is -2.10. The largest absolute Gasteiger partial charge is 0.376 e. The van der Waals surface area contributed by atoms with Crippen molar-refractivity contribution in [1.82, 2.24) is 24.8 Å². The average Bonchev–Trinajstić information content (AvgIpc) is 3.46. The molecule has 3 aromatic rings. The lowest BCUT2D eigenvalue weighted by molar-refractivity contribution is 0.0912. The SMILES string of the molecule is Cc1cc(C(=O)CSc2nnnn2CC2CCCO2)c(C)n1Cc1ccc(F)cc1. The minimum absolute atomic E-state index is 0.0325. The minimum atomic E-state index is -0.255. The van der Waals surface area contributed by atoms with Crippen LogP contribution in [0.5, 0.6) is 0 Å². The monoisotopic (exact) mass is 429 g/mol. The summed E-state index contributed by atoms with van der Waals surface area (Å²) < 4.78 is 22.6. The van der Waals surface area contributed by atoms with Crippen LogP contribution >= 0.6 is 11.8 Å². The average molecular weight is 430 g/mol. The molecular weight excluding hydrogens is 405 g/mol. The van der Waals surface area contributed by atoms with Gasteiger partial charge in [0.05, 0.1) is 18.4 Å². The number of tetrazole rings is 1. The number of aryl methyl sites for hydroxylation is 1. The first-order chi connectivity index (χ1) is 14.5. The molecule has 0 saturated carbocycles. The normalized spacial score (nSPS) is 16.3. The van der Waals surface area contributed by atoms with E-state index in [0.717, 1.165) is 36.4 Å². The van der Waals surface area contributed by atoms with E-state index in [-0.39, 0.29) is 23.5 Å². The van der Waals surface area contributed by atoms with Gasteiger partial charge in [0.2, 0.25) is 5.16 Å². The Balaban J connectivity index is 1.42. The van der Waals surface area contributed by atoms with Crippen molar-refractivity contribution in [2.75, 3.05) is 12.4 Å². The van der Waals surface area contributed by atoms with E-state index in [2.05, 4.69) is 20.1 Å². The van der Waals surface area contributed by atoms with Gasteiger partial charge < -0.3 is 9.30 Å². The molecule has 4 rings (SSSR count). The number of hydrogen-bond acceptors (Lipinski definition) is 6. The van der Waals surface area contributed by atoms with E-state index in [0.29, 0.717) is 23.8 Å². The highest BCUT2D eigenvalue weighted by molar-refractivity contribution is 7.99. The Bertz CT molecular complexity index is 1020. The fourth-order valence-electron chi connectivity index (χ4n) is 3.70. The Morgan fingerprint density at radius 1 is 1.30 bits per heavy atom. The second-order valence-electron chi connectivity index (χ2n) is 7.49. The van der Waals surface area contributed by atoms with Gasteiger partial charge in [-0.15, -0.1) is 5.10 Å². The molecule has 1 aliphatic heterocycles. The Morgan fingerprint density at radius 3 is 2.83 bits per heavy atom. The van der Waals surface area contributed by atoms with Crippen LogP contribution in [0, 0.1) is 19.7 Å². The third-order valence-electron chi connectivity index (χ3n) is 5.36. The van der Waals surface area contributed by atoms with E-state index in [1.807, 2.05) is 19.9 Å². The first-order valence-corrected chi connectivity index (χ1v) is 10.9. The molecule has 0 amide bonds. The van der Waals surface area contributed by atoms with Gasteiger partial charge in [-0.3, -0.25) is 4.79 Å².